The van der Waals surface area contributed by atoms with Crippen molar-refractivity contribution in [3.05, 3.63) is 94.1 Å². The number of ether oxygens (including phenoxy) is 1. The number of hydrogen-bond donors (Lipinski definition) is 2. The maximum Gasteiger partial charge on any atom is 0.303 e. The van der Waals surface area contributed by atoms with Crippen LogP contribution in [0.25, 0.3) is 21.5 Å². The van der Waals surface area contributed by atoms with Gasteiger partial charge >= 0.3 is 5.97 Å². The number of aliphatic carboxylic acids is 1. The standard InChI is InChI=1S/C35H35F2N3O3S2/c1-35(2)14-4-7-24(22-6-3-5-21(17-22)8-11-31(41)42)33-39-40-34(45-33)27-18-23(9-10-28(27)36)43-32-26(13-16-44-20-35)25-12-15-38-30(25)19-29(32)37/h3,5-6,9-10,12,15,17-19,24,38H,4,7-8,11,13-14,16,20H2,1-2H3,(H,41,42). The highest BCUT2D eigenvalue weighted by molar-refractivity contribution is 7.99. The van der Waals surface area contributed by atoms with Gasteiger partial charge in [-0.25, -0.2) is 8.78 Å². The molecule has 1 aliphatic rings. The topological polar surface area (TPSA) is 88.1 Å². The Morgan fingerprint density at radius 2 is 1.98 bits per heavy atom. The lowest BCUT2D eigenvalue weighted by Crippen LogP contribution is -2.16. The number of nitrogens with one attached hydrogen (secondary N) is 1. The summed E-state index contributed by atoms with van der Waals surface area (Å²) >= 11 is 3.19. The number of carboxylic acids is 1. The van der Waals surface area contributed by atoms with Crippen LogP contribution in [-0.4, -0.2) is 37.8 Å². The Bertz CT molecular complexity index is 1830. The number of aromatic nitrogens is 3. The first-order valence-electron chi connectivity index (χ1n) is 15.1. The van der Waals surface area contributed by atoms with Crippen molar-refractivity contribution in [3.8, 4) is 22.1 Å². The number of carbonyl (C=O) groups is 1. The lowest BCUT2D eigenvalue weighted by molar-refractivity contribution is -0.136. The third-order valence-electron chi connectivity index (χ3n) is 8.31. The van der Waals surface area contributed by atoms with Crippen molar-refractivity contribution in [2.24, 2.45) is 5.41 Å². The summed E-state index contributed by atoms with van der Waals surface area (Å²) in [5.74, 6) is 0.377. The van der Waals surface area contributed by atoms with Crippen LogP contribution < -0.4 is 4.74 Å². The van der Waals surface area contributed by atoms with Crippen LogP contribution in [0.1, 0.15) is 67.1 Å². The predicted octanol–water partition coefficient (Wildman–Crippen LogP) is 9.39. The van der Waals surface area contributed by atoms with Gasteiger partial charge in [-0.3, -0.25) is 4.79 Å². The zero-order valence-corrected chi connectivity index (χ0v) is 26.9. The molecule has 45 heavy (non-hydrogen) atoms. The number of benzene rings is 3. The summed E-state index contributed by atoms with van der Waals surface area (Å²) < 4.78 is 37.0. The lowest BCUT2D eigenvalue weighted by Gasteiger charge is -2.25. The number of halogens is 2. The molecule has 4 bridgehead atoms. The molecule has 0 fully saturated rings. The Morgan fingerprint density at radius 3 is 2.82 bits per heavy atom. The summed E-state index contributed by atoms with van der Waals surface area (Å²) in [5, 5.41) is 20.2. The number of H-pyrrole nitrogens is 1. The zero-order chi connectivity index (χ0) is 31.6. The molecule has 0 saturated carbocycles. The maximum absolute atomic E-state index is 15.5. The van der Waals surface area contributed by atoms with E-state index in [0.717, 1.165) is 57.9 Å². The number of aromatic amines is 1. The van der Waals surface area contributed by atoms with Crippen molar-refractivity contribution in [1.82, 2.24) is 15.2 Å². The first kappa shape index (κ1) is 31.2. The minimum Gasteiger partial charge on any atom is -0.481 e. The van der Waals surface area contributed by atoms with E-state index in [9.17, 15) is 9.90 Å². The average molecular weight is 648 g/mol. The van der Waals surface area contributed by atoms with Gasteiger partial charge in [0.2, 0.25) is 0 Å². The van der Waals surface area contributed by atoms with Gasteiger partial charge in [-0.15, -0.1) is 10.2 Å². The van der Waals surface area contributed by atoms with Gasteiger partial charge in [0.25, 0.3) is 0 Å². The molecule has 5 aromatic rings. The van der Waals surface area contributed by atoms with E-state index < -0.39 is 17.6 Å². The molecule has 0 saturated heterocycles. The summed E-state index contributed by atoms with van der Waals surface area (Å²) in [4.78, 5) is 14.3. The molecular formula is C35H35F2N3O3S2. The molecule has 10 heteroatoms. The second kappa shape index (κ2) is 13.3. The number of fused-ring (bicyclic) bond motifs is 8. The number of hydrogen-bond acceptors (Lipinski definition) is 6. The van der Waals surface area contributed by atoms with Gasteiger partial charge in [0.05, 0.1) is 5.56 Å². The Hall–Kier alpha value is -3.76. The van der Waals surface area contributed by atoms with Crippen LogP contribution >= 0.6 is 23.1 Å². The fourth-order valence-electron chi connectivity index (χ4n) is 5.94. The first-order chi connectivity index (χ1) is 21.7. The van der Waals surface area contributed by atoms with Gasteiger partial charge in [0, 0.05) is 41.1 Å². The Labute approximate surface area is 269 Å². The largest absolute Gasteiger partial charge is 0.481 e. The number of thioether (sulfide) groups is 1. The molecule has 2 aromatic heterocycles. The van der Waals surface area contributed by atoms with Crippen LogP contribution in [0.3, 0.4) is 0 Å². The van der Waals surface area contributed by atoms with Gasteiger partial charge < -0.3 is 14.8 Å². The van der Waals surface area contributed by atoms with Crippen LogP contribution in [0.15, 0.2) is 60.8 Å². The van der Waals surface area contributed by atoms with E-state index in [0.29, 0.717) is 29.1 Å². The highest BCUT2D eigenvalue weighted by Gasteiger charge is 2.25. The number of nitrogens with zero attached hydrogens (tertiary/aromatic N) is 2. The summed E-state index contributed by atoms with van der Waals surface area (Å²) in [5.41, 5.74) is 3.81. The number of aryl methyl sites for hydroxylation is 2. The van der Waals surface area contributed by atoms with Crippen molar-refractivity contribution < 1.29 is 23.4 Å². The zero-order valence-electron chi connectivity index (χ0n) is 25.2. The van der Waals surface area contributed by atoms with Crippen molar-refractivity contribution in [3.63, 3.8) is 0 Å². The molecule has 0 amide bonds. The van der Waals surface area contributed by atoms with Gasteiger partial charge in [0.15, 0.2) is 16.6 Å². The molecule has 1 atom stereocenters. The molecular weight excluding hydrogens is 613 g/mol. The summed E-state index contributed by atoms with van der Waals surface area (Å²) in [6.45, 7) is 4.55. The Morgan fingerprint density at radius 1 is 1.11 bits per heavy atom. The van der Waals surface area contributed by atoms with Gasteiger partial charge in [0.1, 0.15) is 16.6 Å². The third-order valence-corrected chi connectivity index (χ3v) is 10.9. The molecule has 3 aromatic carbocycles. The third kappa shape index (κ3) is 7.23. The average Bonchev–Trinajstić information content (AvgIpc) is 3.68. The molecule has 0 spiro atoms. The van der Waals surface area contributed by atoms with E-state index in [1.807, 2.05) is 36.0 Å². The molecule has 6 nitrogen and oxygen atoms in total. The van der Waals surface area contributed by atoms with Crippen LogP contribution in [0.2, 0.25) is 0 Å². The van der Waals surface area contributed by atoms with Gasteiger partial charge in [-0.2, -0.15) is 11.8 Å². The SMILES string of the molecule is CC1(C)CCCC(c2cccc(CCC(=O)O)c2)c2nnc(s2)-c2cc(ccc2F)Oc2c(F)cc3[nH]ccc3c2CCSC1. The Balaban J connectivity index is 1.40. The minimum absolute atomic E-state index is 0.0606. The minimum atomic E-state index is -0.831. The second-order valence-electron chi connectivity index (χ2n) is 12.3. The van der Waals surface area contributed by atoms with Gasteiger partial charge in [-0.1, -0.05) is 55.9 Å². The van der Waals surface area contributed by atoms with Crippen molar-refractivity contribution >= 4 is 40.0 Å². The highest BCUT2D eigenvalue weighted by Crippen LogP contribution is 2.41. The number of rotatable bonds is 4. The quantitative estimate of drug-likeness (QED) is 0.202. The Kier molecular flexibility index (Phi) is 9.23. The molecule has 2 N–H and O–H groups in total. The van der Waals surface area contributed by atoms with Crippen LogP contribution in [0.5, 0.6) is 11.5 Å². The molecule has 3 heterocycles. The van der Waals surface area contributed by atoms with E-state index >= 15 is 8.78 Å². The summed E-state index contributed by atoms with van der Waals surface area (Å²) in [6.07, 6.45) is 5.69. The molecule has 1 aliphatic heterocycles. The van der Waals surface area contributed by atoms with Crippen LogP contribution in [-0.2, 0) is 17.6 Å². The smallest absolute Gasteiger partial charge is 0.303 e. The number of carboxylic acid groups (broad SMARTS) is 1. The molecule has 1 unspecified atom stereocenters. The second-order valence-corrected chi connectivity index (χ2v) is 14.5. The molecule has 0 radical (unpaired) electrons. The van der Waals surface area contributed by atoms with Crippen LogP contribution in [0, 0.1) is 17.0 Å². The fraction of sp³-hybridized carbons (Fsp3) is 0.343. The first-order valence-corrected chi connectivity index (χ1v) is 17.1. The van der Waals surface area contributed by atoms with E-state index in [1.165, 1.54) is 29.5 Å². The summed E-state index contributed by atoms with van der Waals surface area (Å²) in [7, 11) is 0. The molecule has 6 rings (SSSR count). The highest BCUT2D eigenvalue weighted by atomic mass is 32.2. The lowest BCUT2D eigenvalue weighted by atomic mass is 9.85. The summed E-state index contributed by atoms with van der Waals surface area (Å²) in [6, 6.07) is 15.8. The fourth-order valence-corrected chi connectivity index (χ4v) is 8.16. The van der Waals surface area contributed by atoms with Crippen molar-refractivity contribution in [2.45, 2.75) is 58.3 Å². The van der Waals surface area contributed by atoms with E-state index in [2.05, 4.69) is 35.1 Å². The van der Waals surface area contributed by atoms with E-state index in [-0.39, 0.29) is 29.1 Å². The van der Waals surface area contributed by atoms with Crippen LogP contribution in [0.4, 0.5) is 8.78 Å². The normalized spacial score (nSPS) is 17.2. The molecule has 0 aliphatic carbocycles. The maximum atomic E-state index is 15.5. The molecule has 234 valence electrons. The van der Waals surface area contributed by atoms with E-state index in [4.69, 9.17) is 4.74 Å². The van der Waals surface area contributed by atoms with Gasteiger partial charge in [-0.05, 0) is 78.0 Å². The van der Waals surface area contributed by atoms with E-state index in [1.54, 1.807) is 12.3 Å². The predicted molar refractivity (Wildman–Crippen MR) is 177 cm³/mol. The van der Waals surface area contributed by atoms with Crippen molar-refractivity contribution in [1.29, 1.82) is 0 Å². The monoisotopic (exact) mass is 647 g/mol. The van der Waals surface area contributed by atoms with Crippen molar-refractivity contribution in [2.75, 3.05) is 11.5 Å².